The fourth-order valence-corrected chi connectivity index (χ4v) is 8.34. The van der Waals surface area contributed by atoms with Gasteiger partial charge in [-0.25, -0.2) is 0 Å². The molecule has 0 saturated heterocycles. The van der Waals surface area contributed by atoms with Gasteiger partial charge in [0.25, 0.3) is 0 Å². The van der Waals surface area contributed by atoms with Gasteiger partial charge in [0.1, 0.15) is 13.2 Å². The van der Waals surface area contributed by atoms with Crippen LogP contribution < -0.4 is 0 Å². The quantitative estimate of drug-likeness (QED) is 0.0261. The molecule has 0 aliphatic carbocycles. The van der Waals surface area contributed by atoms with E-state index in [0.717, 1.165) is 109 Å². The number of unbranched alkanes of at least 4 members (excludes halogenated alkanes) is 27. The van der Waals surface area contributed by atoms with Crippen LogP contribution in [-0.2, 0) is 28.6 Å². The van der Waals surface area contributed by atoms with Crippen LogP contribution >= 0.6 is 0 Å². The van der Waals surface area contributed by atoms with Crippen LogP contribution in [0.25, 0.3) is 0 Å². The summed E-state index contributed by atoms with van der Waals surface area (Å²) in [6.45, 7) is 6.50. The van der Waals surface area contributed by atoms with Crippen LogP contribution in [0.2, 0.25) is 0 Å². The Bertz CT molecular complexity index is 1430. The first-order chi connectivity index (χ1) is 35.5. The van der Waals surface area contributed by atoms with Crippen molar-refractivity contribution in [3.05, 3.63) is 97.2 Å². The molecule has 0 N–H and O–H groups in total. The molecule has 0 fully saturated rings. The van der Waals surface area contributed by atoms with Gasteiger partial charge in [-0.05, 0) is 83.5 Å². The van der Waals surface area contributed by atoms with E-state index in [0.29, 0.717) is 19.3 Å². The third-order valence-corrected chi connectivity index (χ3v) is 12.9. The number of ether oxygens (including phenoxy) is 3. The molecule has 0 amide bonds. The Morgan fingerprint density at radius 1 is 0.292 bits per heavy atom. The minimum absolute atomic E-state index is 0.0880. The number of carbonyl (C=O) groups is 3. The fourth-order valence-electron chi connectivity index (χ4n) is 8.34. The number of hydrogen-bond acceptors (Lipinski definition) is 6. The summed E-state index contributed by atoms with van der Waals surface area (Å²) in [7, 11) is 0. The Balaban J connectivity index is 4.35. The predicted octanol–water partition coefficient (Wildman–Crippen LogP) is 20.5. The molecule has 6 heteroatoms. The lowest BCUT2D eigenvalue weighted by molar-refractivity contribution is -0.167. The van der Waals surface area contributed by atoms with E-state index in [-0.39, 0.29) is 31.1 Å². The van der Waals surface area contributed by atoms with Crippen molar-refractivity contribution in [2.45, 2.75) is 290 Å². The Kier molecular flexibility index (Phi) is 56.8. The molecule has 1 unspecified atom stereocenters. The van der Waals surface area contributed by atoms with E-state index in [1.165, 1.54) is 135 Å². The van der Waals surface area contributed by atoms with Crippen LogP contribution in [0.15, 0.2) is 97.2 Å². The maximum absolute atomic E-state index is 12.9. The molecule has 6 nitrogen and oxygen atoms in total. The lowest BCUT2D eigenvalue weighted by atomic mass is 10.0. The van der Waals surface area contributed by atoms with E-state index in [2.05, 4.69) is 118 Å². The highest BCUT2D eigenvalue weighted by Crippen LogP contribution is 2.16. The third-order valence-electron chi connectivity index (χ3n) is 12.9. The van der Waals surface area contributed by atoms with Gasteiger partial charge in [-0.2, -0.15) is 0 Å². The second-order valence-corrected chi connectivity index (χ2v) is 19.9. The molecule has 0 rings (SSSR count). The maximum Gasteiger partial charge on any atom is 0.306 e. The van der Waals surface area contributed by atoms with Crippen molar-refractivity contribution in [2.24, 2.45) is 0 Å². The van der Waals surface area contributed by atoms with Gasteiger partial charge in [0, 0.05) is 19.3 Å². The molecule has 1 atom stereocenters. The van der Waals surface area contributed by atoms with Crippen molar-refractivity contribution in [3.8, 4) is 0 Å². The zero-order chi connectivity index (χ0) is 52.2. The molecule has 72 heavy (non-hydrogen) atoms. The fraction of sp³-hybridized carbons (Fsp3) is 0.712. The van der Waals surface area contributed by atoms with Gasteiger partial charge in [0.2, 0.25) is 0 Å². The largest absolute Gasteiger partial charge is 0.462 e. The molecule has 0 aliphatic heterocycles. The van der Waals surface area contributed by atoms with Crippen LogP contribution in [0.4, 0.5) is 0 Å². The molecule has 0 aliphatic rings. The third kappa shape index (κ3) is 57.2. The molecule has 0 aromatic carbocycles. The number of hydrogen-bond donors (Lipinski definition) is 0. The molecule has 0 bridgehead atoms. The summed E-state index contributed by atoms with van der Waals surface area (Å²) in [6.07, 6.45) is 79.8. The van der Waals surface area contributed by atoms with Crippen LogP contribution in [-0.4, -0.2) is 37.2 Å². The Labute approximate surface area is 445 Å². The van der Waals surface area contributed by atoms with Crippen molar-refractivity contribution >= 4 is 17.9 Å². The summed E-state index contributed by atoms with van der Waals surface area (Å²) in [5.41, 5.74) is 0. The van der Waals surface area contributed by atoms with Gasteiger partial charge in [0.05, 0.1) is 0 Å². The number of rotatable bonds is 54. The highest BCUT2D eigenvalue weighted by molar-refractivity contribution is 5.71. The van der Waals surface area contributed by atoms with Gasteiger partial charge in [-0.3, -0.25) is 14.4 Å². The topological polar surface area (TPSA) is 78.9 Å². The molecule has 0 saturated carbocycles. The second kappa shape index (κ2) is 59.9. The van der Waals surface area contributed by atoms with E-state index in [1.807, 2.05) is 0 Å². The lowest BCUT2D eigenvalue weighted by Crippen LogP contribution is -2.30. The summed E-state index contributed by atoms with van der Waals surface area (Å²) < 4.78 is 16.8. The smallest absolute Gasteiger partial charge is 0.306 e. The Morgan fingerprint density at radius 3 is 0.847 bits per heavy atom. The number of carbonyl (C=O) groups excluding carboxylic acids is 3. The highest BCUT2D eigenvalue weighted by Gasteiger charge is 2.19. The second-order valence-electron chi connectivity index (χ2n) is 19.9. The monoisotopic (exact) mass is 1000 g/mol. The van der Waals surface area contributed by atoms with Crippen molar-refractivity contribution < 1.29 is 28.6 Å². The van der Waals surface area contributed by atoms with Crippen molar-refractivity contribution in [2.75, 3.05) is 13.2 Å². The predicted molar refractivity (Wildman–Crippen MR) is 311 cm³/mol. The van der Waals surface area contributed by atoms with E-state index in [9.17, 15) is 14.4 Å². The first-order valence-electron chi connectivity index (χ1n) is 30.2. The molecule has 0 heterocycles. The van der Waals surface area contributed by atoms with Crippen LogP contribution in [0, 0.1) is 0 Å². The SMILES string of the molecule is CC/C=C\C/C=C\C/C=C\C/C=C\C/C=C\C/C=C\C/C=C\C/C=C\CCCCC(=O)OCC(COC(=O)CCCCCCCCCCCC)OC(=O)CCCCCCCCCCCCCCCCCCC. The van der Waals surface area contributed by atoms with E-state index < -0.39 is 6.10 Å². The van der Waals surface area contributed by atoms with Crippen LogP contribution in [0.1, 0.15) is 284 Å². The van der Waals surface area contributed by atoms with Crippen molar-refractivity contribution in [1.29, 1.82) is 0 Å². The van der Waals surface area contributed by atoms with E-state index >= 15 is 0 Å². The highest BCUT2D eigenvalue weighted by atomic mass is 16.6. The molecular formula is C66H112O6. The zero-order valence-electron chi connectivity index (χ0n) is 47.2. The standard InChI is InChI=1S/C66H112O6/c1-4-7-10-13-16-19-22-24-26-28-29-30-31-32-33-34-35-36-37-39-40-42-44-47-50-53-56-59-65(68)71-62-63(61-70-64(67)58-55-52-49-46-21-18-15-12-9-6-3)72-66(69)60-57-54-51-48-45-43-41-38-27-25-23-20-17-14-11-8-5-2/h7,10,16,19,24,26,29-30,32-33,35-36,39-40,44,47,63H,4-6,8-9,11-15,17-18,20-23,25,27-28,31,34,37-38,41-43,45-46,48-62H2,1-3H3/b10-7-,19-16-,26-24-,30-29-,33-32-,36-35-,40-39-,47-44-. The Morgan fingerprint density at radius 2 is 0.542 bits per heavy atom. The lowest BCUT2D eigenvalue weighted by Gasteiger charge is -2.18. The van der Waals surface area contributed by atoms with Crippen molar-refractivity contribution in [3.63, 3.8) is 0 Å². The van der Waals surface area contributed by atoms with Crippen LogP contribution in [0.3, 0.4) is 0 Å². The van der Waals surface area contributed by atoms with Gasteiger partial charge < -0.3 is 14.2 Å². The molecule has 0 spiro atoms. The minimum Gasteiger partial charge on any atom is -0.462 e. The average molecular weight is 1000 g/mol. The molecular weight excluding hydrogens is 889 g/mol. The van der Waals surface area contributed by atoms with Crippen LogP contribution in [0.5, 0.6) is 0 Å². The summed E-state index contributed by atoms with van der Waals surface area (Å²) in [5, 5.41) is 0. The molecule has 0 aromatic rings. The molecule has 412 valence electrons. The van der Waals surface area contributed by atoms with Gasteiger partial charge in [0.15, 0.2) is 6.10 Å². The Hall–Kier alpha value is -3.67. The van der Waals surface area contributed by atoms with E-state index in [4.69, 9.17) is 14.2 Å². The number of allylic oxidation sites excluding steroid dienone is 16. The van der Waals surface area contributed by atoms with Gasteiger partial charge in [-0.15, -0.1) is 0 Å². The summed E-state index contributed by atoms with van der Waals surface area (Å²) in [5.74, 6) is -0.927. The summed E-state index contributed by atoms with van der Waals surface area (Å²) in [6, 6.07) is 0. The first-order valence-corrected chi connectivity index (χ1v) is 30.2. The van der Waals surface area contributed by atoms with Gasteiger partial charge in [-0.1, -0.05) is 279 Å². The normalized spacial score (nSPS) is 12.8. The first kappa shape index (κ1) is 68.3. The molecule has 0 radical (unpaired) electrons. The van der Waals surface area contributed by atoms with Gasteiger partial charge >= 0.3 is 17.9 Å². The number of esters is 3. The zero-order valence-corrected chi connectivity index (χ0v) is 47.2. The molecule has 0 aromatic heterocycles. The summed E-state index contributed by atoms with van der Waals surface area (Å²) >= 11 is 0. The maximum atomic E-state index is 12.9. The van der Waals surface area contributed by atoms with E-state index in [1.54, 1.807) is 0 Å². The average Bonchev–Trinajstić information content (AvgIpc) is 3.38. The minimum atomic E-state index is -0.792. The summed E-state index contributed by atoms with van der Waals surface area (Å²) in [4.78, 5) is 38.1. The van der Waals surface area contributed by atoms with Crippen molar-refractivity contribution in [1.82, 2.24) is 0 Å².